The Morgan fingerprint density at radius 2 is 1.88 bits per heavy atom. The van der Waals surface area contributed by atoms with E-state index in [2.05, 4.69) is 20.8 Å². The normalized spacial score (nSPS) is 15.8. The van der Waals surface area contributed by atoms with Gasteiger partial charge in [0, 0.05) is 17.8 Å². The Morgan fingerprint density at radius 3 is 2.59 bits per heavy atom. The molecule has 2 N–H and O–H groups in total. The Bertz CT molecular complexity index is 1180. The van der Waals surface area contributed by atoms with E-state index < -0.39 is 29.7 Å². The summed E-state index contributed by atoms with van der Waals surface area (Å²) in [7, 11) is 1.56. The van der Waals surface area contributed by atoms with Crippen molar-refractivity contribution in [1.29, 1.82) is 0 Å². The van der Waals surface area contributed by atoms with Gasteiger partial charge >= 0.3 is 12.2 Å². The third-order valence-corrected chi connectivity index (χ3v) is 6.14. The molecule has 1 unspecified atom stereocenters. The molecule has 34 heavy (non-hydrogen) atoms. The number of amides is 3. The van der Waals surface area contributed by atoms with Gasteiger partial charge in [0.1, 0.15) is 16.8 Å². The number of hydrogen-bond donors (Lipinski definition) is 2. The number of urea groups is 1. The smallest absolute Gasteiger partial charge is 0.416 e. The average Bonchev–Trinajstić information content (AvgIpc) is 3.49. The molecule has 0 bridgehead atoms. The quantitative estimate of drug-likeness (QED) is 0.531. The van der Waals surface area contributed by atoms with Crippen LogP contribution in [0.1, 0.15) is 18.4 Å². The van der Waals surface area contributed by atoms with E-state index in [-0.39, 0.29) is 10.8 Å². The van der Waals surface area contributed by atoms with Crippen LogP contribution in [0.4, 0.5) is 28.8 Å². The van der Waals surface area contributed by atoms with Crippen LogP contribution < -0.4 is 15.4 Å². The predicted octanol–water partition coefficient (Wildman–Crippen LogP) is 4.87. The largest absolute Gasteiger partial charge is 0.497 e. The number of nitrogens with one attached hydrogen (secondary N) is 2. The summed E-state index contributed by atoms with van der Waals surface area (Å²) >= 11 is 1.19. The van der Waals surface area contributed by atoms with Gasteiger partial charge in [-0.1, -0.05) is 23.5 Å². The molecule has 12 heteroatoms. The molecule has 1 aromatic heterocycles. The maximum Gasteiger partial charge on any atom is 0.416 e. The molecule has 2 aromatic carbocycles. The van der Waals surface area contributed by atoms with Crippen LogP contribution in [0.25, 0.3) is 10.6 Å². The van der Waals surface area contributed by atoms with Gasteiger partial charge in [0.25, 0.3) is 0 Å². The van der Waals surface area contributed by atoms with E-state index in [1.165, 1.54) is 28.4 Å². The number of ether oxygens (including phenoxy) is 1. The maximum atomic E-state index is 12.8. The van der Waals surface area contributed by atoms with Gasteiger partial charge in [-0.25, -0.2) is 4.79 Å². The van der Waals surface area contributed by atoms with E-state index >= 15 is 0 Å². The van der Waals surface area contributed by atoms with Crippen molar-refractivity contribution >= 4 is 34.1 Å². The molecule has 3 amide bonds. The van der Waals surface area contributed by atoms with Crippen molar-refractivity contribution in [3.8, 4) is 16.3 Å². The minimum absolute atomic E-state index is 0.205. The van der Waals surface area contributed by atoms with Crippen molar-refractivity contribution in [1.82, 2.24) is 15.1 Å². The summed E-state index contributed by atoms with van der Waals surface area (Å²) in [5.41, 5.74) is 0.182. The van der Waals surface area contributed by atoms with Crippen LogP contribution in [0, 0.1) is 0 Å². The first kappa shape index (κ1) is 23.5. The molecule has 1 aliphatic rings. The number of methoxy groups -OCH3 is 1. The summed E-state index contributed by atoms with van der Waals surface area (Å²) in [5, 5.41) is 14.2. The third-order valence-electron chi connectivity index (χ3n) is 5.25. The topological polar surface area (TPSA) is 96.5 Å². The van der Waals surface area contributed by atoms with Gasteiger partial charge in [0.15, 0.2) is 0 Å². The molecule has 1 atom stereocenters. The number of aromatic nitrogens is 2. The van der Waals surface area contributed by atoms with Crippen LogP contribution in [0.5, 0.6) is 5.75 Å². The minimum atomic E-state index is -4.46. The van der Waals surface area contributed by atoms with Gasteiger partial charge in [-0.2, -0.15) is 13.2 Å². The second-order valence-electron chi connectivity index (χ2n) is 7.49. The first-order valence-electron chi connectivity index (χ1n) is 10.3. The van der Waals surface area contributed by atoms with E-state index in [9.17, 15) is 22.8 Å². The number of carbonyl (C=O) groups excluding carboxylic acids is 2. The van der Waals surface area contributed by atoms with E-state index in [0.29, 0.717) is 30.1 Å². The Hall–Kier alpha value is -3.67. The van der Waals surface area contributed by atoms with Crippen LogP contribution in [0.2, 0.25) is 0 Å². The van der Waals surface area contributed by atoms with Crippen molar-refractivity contribution in [3.05, 3.63) is 54.1 Å². The number of nitrogens with zero attached hydrogens (tertiary/aromatic N) is 3. The van der Waals surface area contributed by atoms with Crippen molar-refractivity contribution in [2.24, 2.45) is 0 Å². The Morgan fingerprint density at radius 1 is 1.12 bits per heavy atom. The van der Waals surface area contributed by atoms with Crippen LogP contribution in [0.15, 0.2) is 48.5 Å². The zero-order chi connectivity index (χ0) is 24.3. The zero-order valence-electron chi connectivity index (χ0n) is 17.9. The number of benzene rings is 2. The number of hydrogen-bond acceptors (Lipinski definition) is 6. The summed E-state index contributed by atoms with van der Waals surface area (Å²) in [4.78, 5) is 26.9. The summed E-state index contributed by atoms with van der Waals surface area (Å²) in [6.45, 7) is 0.343. The van der Waals surface area contributed by atoms with Gasteiger partial charge in [-0.3, -0.25) is 10.1 Å². The fourth-order valence-corrected chi connectivity index (χ4v) is 4.30. The second kappa shape index (κ2) is 9.67. The molecule has 4 rings (SSSR count). The first-order chi connectivity index (χ1) is 16.2. The van der Waals surface area contributed by atoms with Crippen molar-refractivity contribution < 1.29 is 27.5 Å². The predicted molar refractivity (Wildman–Crippen MR) is 121 cm³/mol. The summed E-state index contributed by atoms with van der Waals surface area (Å²) in [5.74, 6) is 0.257. The molecule has 0 radical (unpaired) electrons. The average molecular weight is 491 g/mol. The van der Waals surface area contributed by atoms with Crippen LogP contribution in [-0.2, 0) is 11.0 Å². The van der Waals surface area contributed by atoms with Crippen molar-refractivity contribution in [2.45, 2.75) is 25.1 Å². The molecular formula is C22H20F3N5O3S. The highest BCUT2D eigenvalue weighted by atomic mass is 32.1. The Labute approximate surface area is 196 Å². The number of halogens is 3. The highest BCUT2D eigenvalue weighted by Gasteiger charge is 2.35. The number of rotatable bonds is 5. The molecule has 0 saturated carbocycles. The maximum absolute atomic E-state index is 12.8. The highest BCUT2D eigenvalue weighted by molar-refractivity contribution is 7.18. The van der Waals surface area contributed by atoms with Gasteiger partial charge in [-0.05, 0) is 49.2 Å². The standard InChI is InChI=1S/C22H20F3N5O3S/c1-33-16-5-2-4-13(12-16)19-28-29-20(34-19)27-18(31)17-6-3-11-30(17)21(32)26-15-9-7-14(8-10-15)22(23,24)25/h2,4-5,7-10,12,17H,3,6,11H2,1H3,(H,26,32)(H,27,29,31). The molecule has 1 fully saturated rings. The first-order valence-corrected chi connectivity index (χ1v) is 11.1. The van der Waals surface area contributed by atoms with Crippen LogP contribution in [-0.4, -0.2) is 46.7 Å². The molecule has 8 nitrogen and oxygen atoms in total. The molecule has 178 valence electrons. The van der Waals surface area contributed by atoms with Crippen LogP contribution >= 0.6 is 11.3 Å². The van der Waals surface area contributed by atoms with E-state index in [1.54, 1.807) is 19.2 Å². The Balaban J connectivity index is 1.39. The van der Waals surface area contributed by atoms with Crippen molar-refractivity contribution in [2.75, 3.05) is 24.3 Å². The van der Waals surface area contributed by atoms with E-state index in [0.717, 1.165) is 17.7 Å². The number of alkyl halides is 3. The number of anilines is 2. The van der Waals surface area contributed by atoms with Crippen LogP contribution in [0.3, 0.4) is 0 Å². The SMILES string of the molecule is COc1cccc(-c2nnc(NC(=O)C3CCCN3C(=O)Nc3ccc(C(F)(F)F)cc3)s2)c1. The third kappa shape index (κ3) is 5.28. The molecule has 2 heterocycles. The lowest BCUT2D eigenvalue weighted by Gasteiger charge is -2.23. The van der Waals surface area contributed by atoms with Gasteiger partial charge in [-0.15, -0.1) is 10.2 Å². The van der Waals surface area contributed by atoms with Gasteiger partial charge in [0.05, 0.1) is 12.7 Å². The second-order valence-corrected chi connectivity index (χ2v) is 8.47. The summed E-state index contributed by atoms with van der Waals surface area (Å²) in [6.07, 6.45) is -3.39. The van der Waals surface area contributed by atoms with Gasteiger partial charge in [0.2, 0.25) is 11.0 Å². The lowest BCUT2D eigenvalue weighted by atomic mass is 10.2. The molecule has 0 aliphatic carbocycles. The lowest BCUT2D eigenvalue weighted by molar-refractivity contribution is -0.137. The minimum Gasteiger partial charge on any atom is -0.497 e. The lowest BCUT2D eigenvalue weighted by Crippen LogP contribution is -2.45. The van der Waals surface area contributed by atoms with E-state index in [4.69, 9.17) is 4.74 Å². The molecule has 3 aromatic rings. The van der Waals surface area contributed by atoms with E-state index in [1.807, 2.05) is 12.1 Å². The van der Waals surface area contributed by atoms with Gasteiger partial charge < -0.3 is 15.0 Å². The van der Waals surface area contributed by atoms with Crippen molar-refractivity contribution in [3.63, 3.8) is 0 Å². The highest BCUT2D eigenvalue weighted by Crippen LogP contribution is 2.31. The monoisotopic (exact) mass is 491 g/mol. The fraction of sp³-hybridized carbons (Fsp3) is 0.273. The molecule has 1 aliphatic heterocycles. The zero-order valence-corrected chi connectivity index (χ0v) is 18.7. The number of likely N-dealkylation sites (tertiary alicyclic amines) is 1. The number of carbonyl (C=O) groups is 2. The molecular weight excluding hydrogens is 471 g/mol. The molecule has 1 saturated heterocycles. The summed E-state index contributed by atoms with van der Waals surface area (Å²) in [6, 6.07) is 10.1. The summed E-state index contributed by atoms with van der Waals surface area (Å²) < 4.78 is 43.4. The molecule has 0 spiro atoms. The Kier molecular flexibility index (Phi) is 6.68. The fourth-order valence-electron chi connectivity index (χ4n) is 3.56.